The quantitative estimate of drug-likeness (QED) is 0.470. The summed E-state index contributed by atoms with van der Waals surface area (Å²) >= 11 is 0. The fourth-order valence-corrected chi connectivity index (χ4v) is 3.14. The van der Waals surface area contributed by atoms with Crippen LogP contribution < -0.4 is 10.1 Å². The third kappa shape index (κ3) is 3.29. The molecule has 5 rings (SSSR count). The van der Waals surface area contributed by atoms with Crippen LogP contribution in [0.15, 0.2) is 83.7 Å². The van der Waals surface area contributed by atoms with Crippen LogP contribution in [0.3, 0.4) is 0 Å². The van der Waals surface area contributed by atoms with E-state index in [1.165, 1.54) is 6.39 Å². The standard InChI is InChI=1S/C22H17N5O2/c1-28-18-11-7-15(8-12-18)19-3-2-4-21-25-22(26-27(19)21)24-17-9-5-16(6-10-17)20-13-23-14-29-20/h2-14H,1H3,(H,24,26). The SMILES string of the molecule is COc1ccc(-c2cccc3nc(Nc4ccc(-c5cnco5)cc4)nn23)cc1. The first-order valence-electron chi connectivity index (χ1n) is 9.06. The van der Waals surface area contributed by atoms with E-state index in [0.717, 1.165) is 39.7 Å². The molecule has 0 aliphatic carbocycles. The summed E-state index contributed by atoms with van der Waals surface area (Å²) in [7, 11) is 1.66. The summed E-state index contributed by atoms with van der Waals surface area (Å²) in [5.74, 6) is 2.07. The molecule has 0 aliphatic rings. The molecule has 0 unspecified atom stereocenters. The fraction of sp³-hybridized carbons (Fsp3) is 0.0455. The Hall–Kier alpha value is -4.13. The zero-order chi connectivity index (χ0) is 19.6. The summed E-state index contributed by atoms with van der Waals surface area (Å²) in [6.07, 6.45) is 3.11. The second-order valence-corrected chi connectivity index (χ2v) is 6.41. The maximum Gasteiger partial charge on any atom is 0.247 e. The van der Waals surface area contributed by atoms with Gasteiger partial charge >= 0.3 is 0 Å². The highest BCUT2D eigenvalue weighted by molar-refractivity contribution is 5.66. The highest BCUT2D eigenvalue weighted by atomic mass is 16.5. The number of anilines is 2. The van der Waals surface area contributed by atoms with Gasteiger partial charge < -0.3 is 14.5 Å². The van der Waals surface area contributed by atoms with Crippen molar-refractivity contribution in [3.8, 4) is 28.3 Å². The molecule has 3 aromatic heterocycles. The lowest BCUT2D eigenvalue weighted by atomic mass is 10.1. The largest absolute Gasteiger partial charge is 0.497 e. The molecule has 0 bridgehead atoms. The van der Waals surface area contributed by atoms with Crippen LogP contribution in [0.4, 0.5) is 11.6 Å². The molecule has 1 N–H and O–H groups in total. The molecule has 0 radical (unpaired) electrons. The molecule has 0 saturated carbocycles. The Morgan fingerprint density at radius 1 is 0.931 bits per heavy atom. The van der Waals surface area contributed by atoms with E-state index < -0.39 is 0 Å². The first kappa shape index (κ1) is 17.0. The van der Waals surface area contributed by atoms with E-state index in [1.54, 1.807) is 13.3 Å². The molecule has 3 heterocycles. The van der Waals surface area contributed by atoms with Crippen LogP contribution >= 0.6 is 0 Å². The predicted molar refractivity (Wildman–Crippen MR) is 110 cm³/mol. The third-order valence-corrected chi connectivity index (χ3v) is 4.60. The van der Waals surface area contributed by atoms with E-state index >= 15 is 0 Å². The topological polar surface area (TPSA) is 77.5 Å². The molecule has 29 heavy (non-hydrogen) atoms. The van der Waals surface area contributed by atoms with Crippen molar-refractivity contribution < 1.29 is 9.15 Å². The molecule has 142 valence electrons. The number of methoxy groups -OCH3 is 1. The Morgan fingerprint density at radius 2 is 1.72 bits per heavy atom. The van der Waals surface area contributed by atoms with Crippen molar-refractivity contribution in [1.29, 1.82) is 0 Å². The highest BCUT2D eigenvalue weighted by Crippen LogP contribution is 2.25. The van der Waals surface area contributed by atoms with Crippen LogP contribution in [0.2, 0.25) is 0 Å². The summed E-state index contributed by atoms with van der Waals surface area (Å²) in [6.45, 7) is 0. The molecule has 0 atom stereocenters. The molecule has 5 aromatic rings. The minimum absolute atomic E-state index is 0.526. The Kier molecular flexibility index (Phi) is 4.18. The number of ether oxygens (including phenoxy) is 1. The Balaban J connectivity index is 1.44. The van der Waals surface area contributed by atoms with Gasteiger partial charge in [0.15, 0.2) is 17.8 Å². The lowest BCUT2D eigenvalue weighted by Gasteiger charge is -2.05. The van der Waals surface area contributed by atoms with Crippen LogP contribution in [0.25, 0.3) is 28.2 Å². The van der Waals surface area contributed by atoms with Crippen LogP contribution in [0.5, 0.6) is 5.75 Å². The Labute approximate surface area is 166 Å². The van der Waals surface area contributed by atoms with Gasteiger partial charge in [0, 0.05) is 16.8 Å². The fourth-order valence-electron chi connectivity index (χ4n) is 3.14. The average Bonchev–Trinajstić information content (AvgIpc) is 3.44. The molecule has 0 aliphatic heterocycles. The van der Waals surface area contributed by atoms with E-state index in [0.29, 0.717) is 5.95 Å². The van der Waals surface area contributed by atoms with Crippen molar-refractivity contribution in [3.05, 3.63) is 79.3 Å². The molecule has 0 saturated heterocycles. The number of hydrogen-bond donors (Lipinski definition) is 1. The summed E-state index contributed by atoms with van der Waals surface area (Å²) in [4.78, 5) is 8.53. The minimum atomic E-state index is 0.526. The van der Waals surface area contributed by atoms with Crippen molar-refractivity contribution in [2.75, 3.05) is 12.4 Å². The lowest BCUT2D eigenvalue weighted by molar-refractivity contribution is 0.415. The molecule has 0 spiro atoms. The monoisotopic (exact) mass is 383 g/mol. The van der Waals surface area contributed by atoms with Crippen molar-refractivity contribution in [2.24, 2.45) is 0 Å². The molecular weight excluding hydrogens is 366 g/mol. The predicted octanol–water partition coefficient (Wildman–Crippen LogP) is 4.80. The maximum atomic E-state index is 5.32. The van der Waals surface area contributed by atoms with Gasteiger partial charge in [-0.25, -0.2) is 9.50 Å². The van der Waals surface area contributed by atoms with Gasteiger partial charge in [0.1, 0.15) is 5.75 Å². The van der Waals surface area contributed by atoms with E-state index in [1.807, 2.05) is 71.2 Å². The number of pyridine rings is 1. The Morgan fingerprint density at radius 3 is 2.45 bits per heavy atom. The number of nitrogens with zero attached hydrogens (tertiary/aromatic N) is 4. The Bertz CT molecular complexity index is 1240. The maximum absolute atomic E-state index is 5.32. The lowest BCUT2D eigenvalue weighted by Crippen LogP contribution is -1.96. The number of nitrogens with one attached hydrogen (secondary N) is 1. The summed E-state index contributed by atoms with van der Waals surface area (Å²) in [5.41, 5.74) is 4.59. The number of benzene rings is 2. The van der Waals surface area contributed by atoms with E-state index in [-0.39, 0.29) is 0 Å². The second-order valence-electron chi connectivity index (χ2n) is 6.41. The summed E-state index contributed by atoms with van der Waals surface area (Å²) in [5, 5.41) is 7.89. The molecule has 7 nitrogen and oxygen atoms in total. The molecule has 2 aromatic carbocycles. The summed E-state index contributed by atoms with van der Waals surface area (Å²) in [6, 6.07) is 21.6. The average molecular weight is 383 g/mol. The molecule has 7 heteroatoms. The van der Waals surface area contributed by atoms with Gasteiger partial charge in [-0.15, -0.1) is 5.10 Å². The van der Waals surface area contributed by atoms with Crippen molar-refractivity contribution in [3.63, 3.8) is 0 Å². The van der Waals surface area contributed by atoms with Gasteiger partial charge in [0.05, 0.1) is 19.0 Å². The normalized spacial score (nSPS) is 10.9. The van der Waals surface area contributed by atoms with Crippen LogP contribution in [0, 0.1) is 0 Å². The first-order chi connectivity index (χ1) is 14.3. The van der Waals surface area contributed by atoms with Gasteiger partial charge in [0.2, 0.25) is 5.95 Å². The molecule has 0 amide bonds. The first-order valence-corrected chi connectivity index (χ1v) is 9.06. The van der Waals surface area contributed by atoms with Gasteiger partial charge in [-0.3, -0.25) is 0 Å². The molecular formula is C22H17N5O2. The van der Waals surface area contributed by atoms with Gasteiger partial charge in [-0.1, -0.05) is 6.07 Å². The van der Waals surface area contributed by atoms with Crippen molar-refractivity contribution in [2.45, 2.75) is 0 Å². The highest BCUT2D eigenvalue weighted by Gasteiger charge is 2.10. The van der Waals surface area contributed by atoms with Gasteiger partial charge in [-0.05, 0) is 60.7 Å². The number of oxazole rings is 1. The van der Waals surface area contributed by atoms with Crippen molar-refractivity contribution in [1.82, 2.24) is 19.6 Å². The number of fused-ring (bicyclic) bond motifs is 1. The molecule has 0 fully saturated rings. The third-order valence-electron chi connectivity index (χ3n) is 4.60. The smallest absolute Gasteiger partial charge is 0.247 e. The summed E-state index contributed by atoms with van der Waals surface area (Å²) < 4.78 is 12.4. The number of aromatic nitrogens is 4. The van der Waals surface area contributed by atoms with Gasteiger partial charge in [0.25, 0.3) is 0 Å². The van der Waals surface area contributed by atoms with E-state index in [2.05, 4.69) is 20.4 Å². The van der Waals surface area contributed by atoms with Gasteiger partial charge in [-0.2, -0.15) is 4.98 Å². The van der Waals surface area contributed by atoms with E-state index in [9.17, 15) is 0 Å². The zero-order valence-corrected chi connectivity index (χ0v) is 15.6. The van der Waals surface area contributed by atoms with Crippen molar-refractivity contribution >= 4 is 17.3 Å². The number of hydrogen-bond acceptors (Lipinski definition) is 6. The van der Waals surface area contributed by atoms with E-state index in [4.69, 9.17) is 9.15 Å². The van der Waals surface area contributed by atoms with Crippen LogP contribution in [0.1, 0.15) is 0 Å². The number of rotatable bonds is 5. The van der Waals surface area contributed by atoms with Crippen LogP contribution in [-0.2, 0) is 0 Å². The van der Waals surface area contributed by atoms with Crippen LogP contribution in [-0.4, -0.2) is 26.7 Å². The second kappa shape index (κ2) is 7.12. The minimum Gasteiger partial charge on any atom is -0.497 e. The zero-order valence-electron chi connectivity index (χ0n) is 15.6.